The maximum absolute atomic E-state index is 12.5. The number of rotatable bonds is 8. The Balaban J connectivity index is 1.54. The van der Waals surface area contributed by atoms with Crippen LogP contribution in [-0.2, 0) is 15.8 Å². The van der Waals surface area contributed by atoms with E-state index in [0.717, 1.165) is 0 Å². The zero-order valence-electron chi connectivity index (χ0n) is 17.1. The Kier molecular flexibility index (Phi) is 6.29. The Morgan fingerprint density at radius 3 is 2.52 bits per heavy atom. The normalized spacial score (nSPS) is 11.2. The Labute approximate surface area is 195 Å². The minimum atomic E-state index is -3.66. The Morgan fingerprint density at radius 1 is 1.06 bits per heavy atom. The van der Waals surface area contributed by atoms with Crippen LogP contribution >= 0.6 is 11.6 Å². The largest absolute Gasteiger partial charge is 0.365 e. The first-order valence-corrected chi connectivity index (χ1v) is 11.8. The highest BCUT2D eigenvalue weighted by Crippen LogP contribution is 2.29. The molecule has 0 radical (unpaired) electrons. The van der Waals surface area contributed by atoms with E-state index < -0.39 is 15.9 Å². The van der Waals surface area contributed by atoms with E-state index in [1.807, 2.05) is 0 Å². The van der Waals surface area contributed by atoms with Crippen molar-refractivity contribution in [2.75, 3.05) is 10.0 Å². The second-order valence-electron chi connectivity index (χ2n) is 7.09. The number of nitrogens with zero attached hydrogens (tertiary/aromatic N) is 2. The van der Waals surface area contributed by atoms with E-state index in [1.54, 1.807) is 72.9 Å². The summed E-state index contributed by atoms with van der Waals surface area (Å²) in [5.41, 5.74) is 7.59. The first-order valence-electron chi connectivity index (χ1n) is 9.72. The van der Waals surface area contributed by atoms with Crippen LogP contribution < -0.4 is 15.8 Å². The van der Waals surface area contributed by atoms with Gasteiger partial charge in [0.15, 0.2) is 0 Å². The molecule has 0 fully saturated rings. The average molecular weight is 483 g/mol. The third kappa shape index (κ3) is 5.48. The molecule has 0 aliphatic carbocycles. The second kappa shape index (κ2) is 9.31. The first kappa shape index (κ1) is 22.3. The molecule has 9 nitrogen and oxygen atoms in total. The van der Waals surface area contributed by atoms with Gasteiger partial charge in [0.2, 0.25) is 10.0 Å². The van der Waals surface area contributed by atoms with Crippen molar-refractivity contribution >= 4 is 44.9 Å². The van der Waals surface area contributed by atoms with Crippen LogP contribution in [0.5, 0.6) is 0 Å². The van der Waals surface area contributed by atoms with Crippen molar-refractivity contribution in [1.82, 2.24) is 15.2 Å². The van der Waals surface area contributed by atoms with E-state index >= 15 is 0 Å². The van der Waals surface area contributed by atoms with Gasteiger partial charge in [-0.1, -0.05) is 41.9 Å². The van der Waals surface area contributed by atoms with Crippen LogP contribution in [0.2, 0.25) is 5.02 Å². The summed E-state index contributed by atoms with van der Waals surface area (Å²) < 4.78 is 27.5. The maximum atomic E-state index is 12.5. The molecule has 0 saturated carbocycles. The van der Waals surface area contributed by atoms with Crippen molar-refractivity contribution in [3.05, 3.63) is 89.1 Å². The van der Waals surface area contributed by atoms with Gasteiger partial charge in [-0.3, -0.25) is 14.6 Å². The zero-order valence-corrected chi connectivity index (χ0v) is 18.7. The maximum Gasteiger partial charge on any atom is 0.254 e. The standard InChI is InChI=1S/C22H19ClN6O3S/c23-16-5-3-4-14(12-16)13-33(31,32)29-17-9-7-15(8-10-17)20-19(21(24)30)22(28-27-20)26-18-6-1-2-11-25-18/h1-12,29H,13H2,(H2,24,30)(H2,25,26,27,28). The topological polar surface area (TPSA) is 143 Å². The van der Waals surface area contributed by atoms with Gasteiger partial charge < -0.3 is 11.1 Å². The van der Waals surface area contributed by atoms with Crippen molar-refractivity contribution in [1.29, 1.82) is 0 Å². The van der Waals surface area contributed by atoms with Crippen LogP contribution in [0.25, 0.3) is 11.3 Å². The van der Waals surface area contributed by atoms with Gasteiger partial charge in [-0.2, -0.15) is 5.10 Å². The molecule has 2 aromatic heterocycles. The van der Waals surface area contributed by atoms with Crippen molar-refractivity contribution in [3.63, 3.8) is 0 Å². The Bertz CT molecular complexity index is 1390. The predicted octanol–water partition coefficient (Wildman–Crippen LogP) is 3.91. The number of carbonyl (C=O) groups is 1. The number of hydrogen-bond acceptors (Lipinski definition) is 6. The molecule has 11 heteroatoms. The number of amides is 1. The quantitative estimate of drug-likeness (QED) is 0.300. The van der Waals surface area contributed by atoms with E-state index in [4.69, 9.17) is 17.3 Å². The predicted molar refractivity (Wildman–Crippen MR) is 128 cm³/mol. The number of aromatic nitrogens is 3. The highest BCUT2D eigenvalue weighted by molar-refractivity contribution is 7.91. The minimum absolute atomic E-state index is 0.162. The van der Waals surface area contributed by atoms with Gasteiger partial charge in [0.25, 0.3) is 5.91 Å². The molecule has 0 atom stereocenters. The van der Waals surface area contributed by atoms with E-state index in [-0.39, 0.29) is 11.3 Å². The second-order valence-corrected chi connectivity index (χ2v) is 9.25. The fourth-order valence-corrected chi connectivity index (χ4v) is 4.60. The van der Waals surface area contributed by atoms with Crippen LogP contribution in [0.15, 0.2) is 72.9 Å². The molecule has 1 amide bonds. The summed E-state index contributed by atoms with van der Waals surface area (Å²) in [5.74, 6) is -0.0751. The van der Waals surface area contributed by atoms with Crippen LogP contribution in [0.1, 0.15) is 15.9 Å². The minimum Gasteiger partial charge on any atom is -0.365 e. The van der Waals surface area contributed by atoms with Crippen molar-refractivity contribution in [3.8, 4) is 11.3 Å². The summed E-state index contributed by atoms with van der Waals surface area (Å²) in [7, 11) is -3.66. The average Bonchev–Trinajstić information content (AvgIpc) is 3.18. The molecule has 0 unspecified atom stereocenters. The zero-order chi connectivity index (χ0) is 23.4. The number of nitrogens with one attached hydrogen (secondary N) is 3. The van der Waals surface area contributed by atoms with E-state index in [2.05, 4.69) is 25.2 Å². The number of primary amides is 1. The molecule has 2 heterocycles. The fourth-order valence-electron chi connectivity index (χ4n) is 3.20. The van der Waals surface area contributed by atoms with Crippen LogP contribution in [-0.4, -0.2) is 29.5 Å². The third-order valence-electron chi connectivity index (χ3n) is 4.61. The molecule has 168 valence electrons. The summed E-state index contributed by atoms with van der Waals surface area (Å²) >= 11 is 5.93. The number of anilines is 3. The number of aromatic amines is 1. The summed E-state index contributed by atoms with van der Waals surface area (Å²) in [5, 5.41) is 10.4. The lowest BCUT2D eigenvalue weighted by molar-refractivity contribution is 0.100. The first-order chi connectivity index (χ1) is 15.8. The van der Waals surface area contributed by atoms with Crippen LogP contribution in [0.4, 0.5) is 17.3 Å². The summed E-state index contributed by atoms with van der Waals surface area (Å²) in [6.07, 6.45) is 1.61. The molecule has 4 aromatic rings. The molecule has 0 aliphatic rings. The molecule has 2 aromatic carbocycles. The molecule has 0 saturated heterocycles. The number of nitrogens with two attached hydrogens (primary N) is 1. The van der Waals surface area contributed by atoms with Gasteiger partial charge in [0.05, 0.1) is 5.75 Å². The van der Waals surface area contributed by atoms with Gasteiger partial charge in [-0.05, 0) is 42.0 Å². The van der Waals surface area contributed by atoms with E-state index in [0.29, 0.717) is 39.2 Å². The number of sulfonamides is 1. The molecule has 33 heavy (non-hydrogen) atoms. The summed E-state index contributed by atoms with van der Waals surface area (Å²) in [6.45, 7) is 0. The van der Waals surface area contributed by atoms with Crippen molar-refractivity contribution in [2.45, 2.75) is 5.75 Å². The van der Waals surface area contributed by atoms with Crippen LogP contribution in [0.3, 0.4) is 0 Å². The SMILES string of the molecule is NC(=O)c1c(-c2ccc(NS(=O)(=O)Cc3cccc(Cl)c3)cc2)n[nH]c1Nc1ccccn1. The number of benzene rings is 2. The van der Waals surface area contributed by atoms with Gasteiger partial charge in [0.1, 0.15) is 22.9 Å². The number of pyridine rings is 1. The van der Waals surface area contributed by atoms with Gasteiger partial charge >= 0.3 is 0 Å². The Morgan fingerprint density at radius 2 is 1.85 bits per heavy atom. The van der Waals surface area contributed by atoms with Crippen molar-refractivity contribution < 1.29 is 13.2 Å². The van der Waals surface area contributed by atoms with Gasteiger partial charge in [-0.25, -0.2) is 13.4 Å². The fraction of sp³-hybridized carbons (Fsp3) is 0.0455. The summed E-state index contributed by atoms with van der Waals surface area (Å²) in [4.78, 5) is 16.3. The number of carbonyl (C=O) groups excluding carboxylic acids is 1. The molecule has 4 rings (SSSR count). The smallest absolute Gasteiger partial charge is 0.254 e. The Hall–Kier alpha value is -3.89. The monoisotopic (exact) mass is 482 g/mol. The van der Waals surface area contributed by atoms with E-state index in [1.165, 1.54) is 0 Å². The molecular formula is C22H19ClN6O3S. The van der Waals surface area contributed by atoms with Crippen LogP contribution in [0, 0.1) is 0 Å². The third-order valence-corrected chi connectivity index (χ3v) is 6.10. The van der Waals surface area contributed by atoms with Gasteiger partial charge in [0, 0.05) is 22.5 Å². The molecular weight excluding hydrogens is 464 g/mol. The van der Waals surface area contributed by atoms with Crippen molar-refractivity contribution in [2.24, 2.45) is 5.73 Å². The van der Waals surface area contributed by atoms with E-state index in [9.17, 15) is 13.2 Å². The highest BCUT2D eigenvalue weighted by atomic mass is 35.5. The lowest BCUT2D eigenvalue weighted by Crippen LogP contribution is -2.15. The lowest BCUT2D eigenvalue weighted by Gasteiger charge is -2.09. The lowest BCUT2D eigenvalue weighted by atomic mass is 10.1. The number of halogens is 1. The van der Waals surface area contributed by atoms with Gasteiger partial charge in [-0.15, -0.1) is 0 Å². The molecule has 0 bridgehead atoms. The molecule has 0 spiro atoms. The molecule has 5 N–H and O–H groups in total. The number of hydrogen-bond donors (Lipinski definition) is 4. The highest BCUT2D eigenvalue weighted by Gasteiger charge is 2.20. The summed E-state index contributed by atoms with van der Waals surface area (Å²) in [6, 6.07) is 18.4. The molecule has 0 aliphatic heterocycles. The number of H-pyrrole nitrogens is 1.